The van der Waals surface area contributed by atoms with Crippen LogP contribution >= 0.6 is 0 Å². The van der Waals surface area contributed by atoms with Crippen molar-refractivity contribution in [1.82, 2.24) is 15.1 Å². The van der Waals surface area contributed by atoms with E-state index < -0.39 is 0 Å². The standard InChI is InChI=1S/C14H21N3O/c1-11-7-8-17(16-11)10-13-6-5-12(18-13)9-15-14(2,3)4/h5-8,15H,9-10H2,1-4H3. The molecule has 2 rings (SSSR count). The first-order valence-corrected chi connectivity index (χ1v) is 6.25. The minimum atomic E-state index is 0.103. The molecule has 0 aliphatic carbocycles. The molecular weight excluding hydrogens is 226 g/mol. The summed E-state index contributed by atoms with van der Waals surface area (Å²) in [5, 5.41) is 7.74. The third-order valence-electron chi connectivity index (χ3n) is 2.60. The van der Waals surface area contributed by atoms with Gasteiger partial charge in [-0.3, -0.25) is 4.68 Å². The zero-order chi connectivity index (χ0) is 13.2. The van der Waals surface area contributed by atoms with Crippen molar-refractivity contribution in [3.8, 4) is 0 Å². The molecule has 98 valence electrons. The van der Waals surface area contributed by atoms with E-state index >= 15 is 0 Å². The summed E-state index contributed by atoms with van der Waals surface area (Å²) in [4.78, 5) is 0. The largest absolute Gasteiger partial charge is 0.463 e. The lowest BCUT2D eigenvalue weighted by Gasteiger charge is -2.19. The lowest BCUT2D eigenvalue weighted by molar-refractivity contribution is 0.374. The molecule has 2 aromatic rings. The van der Waals surface area contributed by atoms with Gasteiger partial charge < -0.3 is 9.73 Å². The van der Waals surface area contributed by atoms with Crippen LogP contribution in [0.15, 0.2) is 28.8 Å². The number of nitrogens with one attached hydrogen (secondary N) is 1. The molecule has 0 aromatic carbocycles. The molecule has 0 radical (unpaired) electrons. The first kappa shape index (κ1) is 12.9. The number of aryl methyl sites for hydroxylation is 1. The van der Waals surface area contributed by atoms with Crippen LogP contribution in [-0.2, 0) is 13.1 Å². The fourth-order valence-electron chi connectivity index (χ4n) is 1.67. The molecule has 0 spiro atoms. The van der Waals surface area contributed by atoms with Crippen molar-refractivity contribution in [1.29, 1.82) is 0 Å². The van der Waals surface area contributed by atoms with E-state index in [1.54, 1.807) is 0 Å². The molecule has 4 nitrogen and oxygen atoms in total. The fraction of sp³-hybridized carbons (Fsp3) is 0.500. The molecule has 4 heteroatoms. The van der Waals surface area contributed by atoms with Gasteiger partial charge in [0.1, 0.15) is 11.5 Å². The van der Waals surface area contributed by atoms with Gasteiger partial charge in [0.05, 0.1) is 18.8 Å². The lowest BCUT2D eigenvalue weighted by Crippen LogP contribution is -2.34. The third kappa shape index (κ3) is 3.74. The zero-order valence-corrected chi connectivity index (χ0v) is 11.5. The Morgan fingerprint density at radius 2 is 1.94 bits per heavy atom. The molecule has 0 saturated carbocycles. The van der Waals surface area contributed by atoms with Crippen LogP contribution in [0.2, 0.25) is 0 Å². The van der Waals surface area contributed by atoms with Crippen molar-refractivity contribution in [2.24, 2.45) is 0 Å². The molecule has 0 aliphatic heterocycles. The summed E-state index contributed by atoms with van der Waals surface area (Å²) in [6, 6.07) is 6.02. The number of hydrogen-bond acceptors (Lipinski definition) is 3. The maximum Gasteiger partial charge on any atom is 0.125 e. The Balaban J connectivity index is 1.94. The first-order valence-electron chi connectivity index (χ1n) is 6.25. The Kier molecular flexibility index (Phi) is 3.57. The molecule has 2 heterocycles. The first-order chi connectivity index (χ1) is 8.42. The summed E-state index contributed by atoms with van der Waals surface area (Å²) in [5.74, 6) is 1.90. The normalized spacial score (nSPS) is 12.0. The van der Waals surface area contributed by atoms with Gasteiger partial charge in [-0.15, -0.1) is 0 Å². The van der Waals surface area contributed by atoms with Crippen LogP contribution in [0.1, 0.15) is 38.0 Å². The summed E-state index contributed by atoms with van der Waals surface area (Å²) in [7, 11) is 0. The van der Waals surface area contributed by atoms with Gasteiger partial charge in [0.25, 0.3) is 0 Å². The Hall–Kier alpha value is -1.55. The number of rotatable bonds is 4. The van der Waals surface area contributed by atoms with Crippen LogP contribution in [0.25, 0.3) is 0 Å². The maximum atomic E-state index is 5.77. The van der Waals surface area contributed by atoms with Gasteiger partial charge in [0.15, 0.2) is 0 Å². The van der Waals surface area contributed by atoms with Crippen molar-refractivity contribution < 1.29 is 4.42 Å². The number of furan rings is 1. The molecule has 0 fully saturated rings. The summed E-state index contributed by atoms with van der Waals surface area (Å²) >= 11 is 0. The van der Waals surface area contributed by atoms with Crippen molar-refractivity contribution in [3.63, 3.8) is 0 Å². The Bertz CT molecular complexity index is 505. The monoisotopic (exact) mass is 247 g/mol. The van der Waals surface area contributed by atoms with Gasteiger partial charge in [-0.05, 0) is 45.9 Å². The van der Waals surface area contributed by atoms with E-state index in [1.165, 1.54) is 0 Å². The average molecular weight is 247 g/mol. The quantitative estimate of drug-likeness (QED) is 0.903. The molecule has 0 unspecified atom stereocenters. The summed E-state index contributed by atoms with van der Waals surface area (Å²) in [6.45, 7) is 9.85. The minimum absolute atomic E-state index is 0.103. The second kappa shape index (κ2) is 4.98. The van der Waals surface area contributed by atoms with Crippen molar-refractivity contribution in [3.05, 3.63) is 41.6 Å². The summed E-state index contributed by atoms with van der Waals surface area (Å²) in [5.41, 5.74) is 1.13. The van der Waals surface area contributed by atoms with Gasteiger partial charge in [-0.2, -0.15) is 5.10 Å². The maximum absolute atomic E-state index is 5.77. The van der Waals surface area contributed by atoms with Crippen molar-refractivity contribution >= 4 is 0 Å². The predicted octanol–water partition coefficient (Wildman–Crippen LogP) is 2.72. The predicted molar refractivity (Wildman–Crippen MR) is 71.4 cm³/mol. The Labute approximate surface area is 108 Å². The van der Waals surface area contributed by atoms with Gasteiger partial charge in [0, 0.05) is 11.7 Å². The number of aromatic nitrogens is 2. The molecule has 0 atom stereocenters. The molecule has 0 amide bonds. The van der Waals surface area contributed by atoms with Crippen LogP contribution in [0.5, 0.6) is 0 Å². The Morgan fingerprint density at radius 3 is 2.56 bits per heavy atom. The number of nitrogens with zero attached hydrogens (tertiary/aromatic N) is 2. The Morgan fingerprint density at radius 1 is 1.22 bits per heavy atom. The van der Waals surface area contributed by atoms with Crippen LogP contribution in [-0.4, -0.2) is 15.3 Å². The van der Waals surface area contributed by atoms with Gasteiger partial charge in [0.2, 0.25) is 0 Å². The highest BCUT2D eigenvalue weighted by Gasteiger charge is 2.10. The van der Waals surface area contributed by atoms with Crippen molar-refractivity contribution in [2.75, 3.05) is 0 Å². The fourth-order valence-corrected chi connectivity index (χ4v) is 1.67. The number of hydrogen-bond donors (Lipinski definition) is 1. The molecule has 0 saturated heterocycles. The van der Waals surface area contributed by atoms with E-state index in [4.69, 9.17) is 4.42 Å². The lowest BCUT2D eigenvalue weighted by atomic mass is 10.1. The smallest absolute Gasteiger partial charge is 0.125 e. The van der Waals surface area contributed by atoms with E-state index in [0.717, 1.165) is 23.8 Å². The molecule has 1 N–H and O–H groups in total. The van der Waals surface area contributed by atoms with Gasteiger partial charge in [-0.25, -0.2) is 0 Å². The van der Waals surface area contributed by atoms with Crippen LogP contribution in [0.4, 0.5) is 0 Å². The second-order valence-corrected chi connectivity index (χ2v) is 5.63. The highest BCUT2D eigenvalue weighted by atomic mass is 16.3. The highest BCUT2D eigenvalue weighted by molar-refractivity contribution is 5.08. The molecule has 18 heavy (non-hydrogen) atoms. The van der Waals surface area contributed by atoms with Crippen LogP contribution in [0.3, 0.4) is 0 Å². The van der Waals surface area contributed by atoms with Gasteiger partial charge >= 0.3 is 0 Å². The van der Waals surface area contributed by atoms with E-state index in [-0.39, 0.29) is 5.54 Å². The summed E-state index contributed by atoms with van der Waals surface area (Å²) < 4.78 is 7.65. The van der Waals surface area contributed by atoms with Crippen molar-refractivity contribution in [2.45, 2.75) is 46.3 Å². The van der Waals surface area contributed by atoms with E-state index in [2.05, 4.69) is 31.2 Å². The zero-order valence-electron chi connectivity index (χ0n) is 11.5. The molecular formula is C14H21N3O. The SMILES string of the molecule is Cc1ccn(Cc2ccc(CNC(C)(C)C)o2)n1. The molecule has 2 aromatic heterocycles. The molecule has 0 aliphatic rings. The van der Waals surface area contributed by atoms with E-state index in [1.807, 2.05) is 36.0 Å². The van der Waals surface area contributed by atoms with E-state index in [9.17, 15) is 0 Å². The second-order valence-electron chi connectivity index (χ2n) is 5.63. The summed E-state index contributed by atoms with van der Waals surface area (Å²) in [6.07, 6.45) is 1.96. The highest BCUT2D eigenvalue weighted by Crippen LogP contribution is 2.11. The van der Waals surface area contributed by atoms with Crippen LogP contribution < -0.4 is 5.32 Å². The minimum Gasteiger partial charge on any atom is -0.463 e. The molecule has 0 bridgehead atoms. The van der Waals surface area contributed by atoms with Gasteiger partial charge in [-0.1, -0.05) is 0 Å². The third-order valence-corrected chi connectivity index (χ3v) is 2.60. The van der Waals surface area contributed by atoms with Crippen LogP contribution in [0, 0.1) is 6.92 Å². The average Bonchev–Trinajstić information content (AvgIpc) is 2.85. The topological polar surface area (TPSA) is 43.0 Å². The van der Waals surface area contributed by atoms with E-state index in [0.29, 0.717) is 6.54 Å².